The summed E-state index contributed by atoms with van der Waals surface area (Å²) in [6, 6.07) is 3.67. The van der Waals surface area contributed by atoms with Crippen molar-refractivity contribution in [1.82, 2.24) is 20.1 Å². The van der Waals surface area contributed by atoms with Crippen molar-refractivity contribution in [3.8, 4) is 5.75 Å². The fourth-order valence-electron chi connectivity index (χ4n) is 5.91. The molecule has 2 fully saturated rings. The Hall–Kier alpha value is -4.34. The third-order valence-electron chi connectivity index (χ3n) is 8.42. The maximum atomic E-state index is 13.6. The summed E-state index contributed by atoms with van der Waals surface area (Å²) >= 11 is 0. The van der Waals surface area contributed by atoms with Crippen LogP contribution >= 0.6 is 0 Å². The number of amides is 4. The maximum absolute atomic E-state index is 13.6. The van der Waals surface area contributed by atoms with E-state index in [1.165, 1.54) is 37.1 Å². The molecule has 2 aliphatic rings. The van der Waals surface area contributed by atoms with Crippen molar-refractivity contribution in [1.29, 1.82) is 0 Å². The van der Waals surface area contributed by atoms with E-state index in [0.717, 1.165) is 11.0 Å². The van der Waals surface area contributed by atoms with Crippen LogP contribution in [0.5, 0.6) is 5.75 Å². The summed E-state index contributed by atoms with van der Waals surface area (Å²) in [5.41, 5.74) is -7.48. The highest BCUT2D eigenvalue weighted by Gasteiger charge is 2.71. The van der Waals surface area contributed by atoms with Gasteiger partial charge >= 0.3 is 18.4 Å². The number of carbonyl (C=O) groups is 3. The van der Waals surface area contributed by atoms with Crippen molar-refractivity contribution in [3.05, 3.63) is 59.4 Å². The molecule has 2 N–H and O–H groups in total. The highest BCUT2D eigenvalue weighted by molar-refractivity contribution is 6.09. The number of imide groups is 1. The van der Waals surface area contributed by atoms with Gasteiger partial charge in [-0.1, -0.05) is 18.2 Å². The Kier molecular flexibility index (Phi) is 9.83. The number of urea groups is 1. The van der Waals surface area contributed by atoms with Crippen LogP contribution in [0.3, 0.4) is 0 Å². The molecular weight excluding hydrogens is 648 g/mol. The predicted molar refractivity (Wildman–Crippen MR) is 163 cm³/mol. The monoisotopic (exact) mass is 685 g/mol. The van der Waals surface area contributed by atoms with Crippen LogP contribution in [0.1, 0.15) is 58.4 Å². The largest absolute Gasteiger partial charge is 0.489 e. The zero-order chi connectivity index (χ0) is 36.0. The molecule has 262 valence electrons. The van der Waals surface area contributed by atoms with Crippen LogP contribution < -0.4 is 15.0 Å². The molecule has 4 amide bonds. The van der Waals surface area contributed by atoms with Crippen LogP contribution in [0.4, 0.5) is 36.8 Å². The smallest absolute Gasteiger partial charge is 0.430 e. The lowest BCUT2D eigenvalue weighted by Gasteiger charge is -2.46. The van der Waals surface area contributed by atoms with E-state index in [1.807, 2.05) is 13.8 Å². The molecule has 0 spiro atoms. The number of halogens is 6. The summed E-state index contributed by atoms with van der Waals surface area (Å²) in [5.74, 6) is -0.750. The minimum atomic E-state index is -6.04. The number of ether oxygens (including phenoxy) is 1. The Morgan fingerprint density at radius 2 is 1.73 bits per heavy atom. The molecule has 0 saturated carbocycles. The van der Waals surface area contributed by atoms with Gasteiger partial charge in [-0.2, -0.15) is 26.3 Å². The van der Waals surface area contributed by atoms with Gasteiger partial charge in [-0.25, -0.2) is 4.79 Å². The van der Waals surface area contributed by atoms with Gasteiger partial charge in [0.2, 0.25) is 5.91 Å². The average molecular weight is 686 g/mol. The number of carbonyl (C=O) groups excluding carboxylic acids is 3. The normalized spacial score (nSPS) is 22.6. The van der Waals surface area contributed by atoms with E-state index in [-0.39, 0.29) is 36.1 Å². The number of hydrogen-bond acceptors (Lipinski definition) is 7. The highest BCUT2D eigenvalue weighted by Crippen LogP contribution is 2.50. The first-order chi connectivity index (χ1) is 22.1. The third kappa shape index (κ3) is 6.54. The quantitative estimate of drug-likeness (QED) is 0.294. The van der Waals surface area contributed by atoms with E-state index in [2.05, 4.69) is 10.3 Å². The van der Waals surface area contributed by atoms with Gasteiger partial charge in [-0.15, -0.1) is 0 Å². The zero-order valence-corrected chi connectivity index (χ0v) is 27.1. The molecular formula is C32H37F6N5O5. The highest BCUT2D eigenvalue weighted by atomic mass is 19.4. The predicted octanol–water partition coefficient (Wildman–Crippen LogP) is 5.11. The average Bonchev–Trinajstić information content (AvgIpc) is 3.20. The van der Waals surface area contributed by atoms with Crippen molar-refractivity contribution in [2.24, 2.45) is 0 Å². The number of alkyl halides is 6. The van der Waals surface area contributed by atoms with Gasteiger partial charge in [0.1, 0.15) is 12.3 Å². The van der Waals surface area contributed by atoms with Crippen LogP contribution in [0.15, 0.2) is 42.6 Å². The van der Waals surface area contributed by atoms with Crippen molar-refractivity contribution in [3.63, 3.8) is 0 Å². The molecule has 2 unspecified atom stereocenters. The number of aromatic nitrogens is 1. The zero-order valence-electron chi connectivity index (χ0n) is 27.1. The van der Waals surface area contributed by atoms with Crippen molar-refractivity contribution >= 4 is 29.6 Å². The summed E-state index contributed by atoms with van der Waals surface area (Å²) in [4.78, 5) is 48.1. The Bertz CT molecular complexity index is 1560. The summed E-state index contributed by atoms with van der Waals surface area (Å²) in [6.07, 6.45) is -7.99. The third-order valence-corrected chi connectivity index (χ3v) is 8.42. The number of nitrogens with one attached hydrogen (secondary N) is 1. The van der Waals surface area contributed by atoms with E-state index >= 15 is 0 Å². The van der Waals surface area contributed by atoms with E-state index in [0.29, 0.717) is 17.9 Å². The second-order valence-electron chi connectivity index (χ2n) is 12.4. The molecule has 2 aromatic rings. The lowest BCUT2D eigenvalue weighted by Crippen LogP contribution is -2.60. The second-order valence-corrected chi connectivity index (χ2v) is 12.4. The second kappa shape index (κ2) is 12.9. The van der Waals surface area contributed by atoms with Gasteiger partial charge in [-0.05, 0) is 71.4 Å². The van der Waals surface area contributed by atoms with Crippen LogP contribution in [-0.4, -0.2) is 87.9 Å². The van der Waals surface area contributed by atoms with Gasteiger partial charge in [0.05, 0.1) is 18.0 Å². The van der Waals surface area contributed by atoms with Gasteiger partial charge < -0.3 is 25.0 Å². The van der Waals surface area contributed by atoms with Gasteiger partial charge in [0, 0.05) is 36.4 Å². The molecule has 0 aliphatic carbocycles. The minimum absolute atomic E-state index is 0.00298. The fourth-order valence-corrected chi connectivity index (χ4v) is 5.91. The number of nitrogens with zero attached hydrogens (tertiary/aromatic N) is 4. The number of rotatable bonds is 8. The van der Waals surface area contributed by atoms with Crippen molar-refractivity contribution < 1.29 is 50.6 Å². The molecule has 10 nitrogen and oxygen atoms in total. The number of pyridine rings is 1. The molecule has 2 saturated heterocycles. The number of benzene rings is 1. The van der Waals surface area contributed by atoms with Crippen LogP contribution in [0.2, 0.25) is 0 Å². The molecule has 4 rings (SSSR count). The molecule has 3 heterocycles. The Morgan fingerprint density at radius 3 is 2.27 bits per heavy atom. The van der Waals surface area contributed by atoms with E-state index in [4.69, 9.17) is 4.74 Å². The maximum Gasteiger partial charge on any atom is 0.430 e. The van der Waals surface area contributed by atoms with E-state index < -0.39 is 65.5 Å². The number of piperazine rings is 1. The summed E-state index contributed by atoms with van der Waals surface area (Å²) < 4.78 is 87.0. The molecule has 16 heteroatoms. The Morgan fingerprint density at radius 1 is 1.08 bits per heavy atom. The topological polar surface area (TPSA) is 115 Å². The van der Waals surface area contributed by atoms with E-state index in [1.54, 1.807) is 30.9 Å². The molecule has 1 aromatic carbocycles. The molecule has 3 atom stereocenters. The Balaban J connectivity index is 1.52. The number of allylic oxidation sites excluding steroid dienone is 1. The SMILES string of the molecule is C/C=C\c1cc(C(O)(C(F)(F)F)C(F)(F)F)ccc1N1CC(C)N(C(=O)CN2C(=O)N[C@@](C)(c3ccc(OC(C)C)cn3)C2=O)CC1C. The van der Waals surface area contributed by atoms with Crippen molar-refractivity contribution in [2.45, 2.75) is 83.2 Å². The standard InChI is InChI=1S/C32H37F6N5O5/c1-7-8-21-13-22(30(47,31(33,34)35)32(36,37)38)9-11-24(21)41-15-20(5)42(16-19(41)4)26(44)17-43-27(45)29(6,40-28(43)46)25-12-10-23(14-39-25)48-18(2)3/h7-14,18-20,47H,15-17H2,1-6H3,(H,40,46)/b8-7-/t19?,20?,29-/m0/s1. The Labute approximate surface area is 273 Å². The summed E-state index contributed by atoms with van der Waals surface area (Å²) in [6.45, 7) is 9.70. The molecule has 48 heavy (non-hydrogen) atoms. The lowest BCUT2D eigenvalue weighted by atomic mass is 9.89. The number of aliphatic hydroxyl groups is 1. The summed E-state index contributed by atoms with van der Waals surface area (Å²) in [5, 5.41) is 12.5. The van der Waals surface area contributed by atoms with Gasteiger partial charge in [0.15, 0.2) is 5.54 Å². The number of hydrogen-bond donors (Lipinski definition) is 2. The van der Waals surface area contributed by atoms with Gasteiger partial charge in [0.25, 0.3) is 11.5 Å². The first-order valence-corrected chi connectivity index (χ1v) is 15.1. The van der Waals surface area contributed by atoms with Crippen LogP contribution in [0, 0.1) is 0 Å². The summed E-state index contributed by atoms with van der Waals surface area (Å²) in [7, 11) is 0. The van der Waals surface area contributed by atoms with Crippen LogP contribution in [-0.2, 0) is 20.7 Å². The fraction of sp³-hybridized carbons (Fsp3) is 0.500. The van der Waals surface area contributed by atoms with Crippen LogP contribution in [0.25, 0.3) is 6.08 Å². The molecule has 0 bridgehead atoms. The molecule has 2 aliphatic heterocycles. The molecule has 1 aromatic heterocycles. The number of anilines is 1. The first-order valence-electron chi connectivity index (χ1n) is 15.1. The lowest BCUT2D eigenvalue weighted by molar-refractivity contribution is -0.376. The van der Waals surface area contributed by atoms with E-state index in [9.17, 15) is 45.8 Å². The molecule has 0 radical (unpaired) electrons. The van der Waals surface area contributed by atoms with Gasteiger partial charge in [-0.3, -0.25) is 19.5 Å². The first kappa shape index (κ1) is 36.5. The van der Waals surface area contributed by atoms with Crippen molar-refractivity contribution in [2.75, 3.05) is 24.5 Å². The minimum Gasteiger partial charge on any atom is -0.489 e.